The van der Waals surface area contributed by atoms with Crippen LogP contribution in [0, 0.1) is 6.92 Å². The first-order valence-corrected chi connectivity index (χ1v) is 3.95. The average Bonchev–Trinajstić information content (AvgIpc) is 2.63. The van der Waals surface area contributed by atoms with Gasteiger partial charge in [0.15, 0.2) is 0 Å². The molecule has 0 unspecified atom stereocenters. The first-order chi connectivity index (χ1) is 5.84. The second-order valence-electron chi connectivity index (χ2n) is 2.85. The molecule has 2 rings (SSSR count). The quantitative estimate of drug-likeness (QED) is 0.651. The fourth-order valence-corrected chi connectivity index (χ4v) is 1.21. The minimum absolute atomic E-state index is 0.176. The smallest absolute Gasteiger partial charge is 0.110 e. The van der Waals surface area contributed by atoms with Crippen LogP contribution >= 0.6 is 0 Å². The van der Waals surface area contributed by atoms with Crippen molar-refractivity contribution in [1.29, 1.82) is 0 Å². The second kappa shape index (κ2) is 2.93. The Morgan fingerprint density at radius 3 is 3.00 bits per heavy atom. The first kappa shape index (κ1) is 7.28. The minimum atomic E-state index is 0.176. The molecule has 0 aromatic carbocycles. The van der Waals surface area contributed by atoms with E-state index in [1.54, 1.807) is 6.34 Å². The number of hydrogen-bond acceptors (Lipinski definition) is 3. The SMILES string of the molecule is Cc1ccc(C[C@H]2C=NC=N2)o1. The van der Waals surface area contributed by atoms with Crippen molar-refractivity contribution in [1.82, 2.24) is 0 Å². The van der Waals surface area contributed by atoms with Gasteiger partial charge in [-0.3, -0.25) is 4.99 Å². The molecule has 3 heteroatoms. The predicted octanol–water partition coefficient (Wildman–Crippen LogP) is 1.61. The lowest BCUT2D eigenvalue weighted by molar-refractivity contribution is 0.479. The number of rotatable bonds is 2. The van der Waals surface area contributed by atoms with Crippen LogP contribution < -0.4 is 0 Å². The summed E-state index contributed by atoms with van der Waals surface area (Å²) in [4.78, 5) is 8.04. The maximum atomic E-state index is 5.41. The highest BCUT2D eigenvalue weighted by molar-refractivity contribution is 5.82. The maximum Gasteiger partial charge on any atom is 0.110 e. The Bertz CT molecular complexity index is 313. The molecule has 0 fully saturated rings. The molecule has 0 bridgehead atoms. The summed E-state index contributed by atoms with van der Waals surface area (Å²) in [5.74, 6) is 1.92. The second-order valence-corrected chi connectivity index (χ2v) is 2.85. The number of aliphatic imine (C=N–C) groups is 2. The van der Waals surface area contributed by atoms with Gasteiger partial charge in [-0.1, -0.05) is 0 Å². The van der Waals surface area contributed by atoms with Gasteiger partial charge in [-0.2, -0.15) is 0 Å². The van der Waals surface area contributed by atoms with Crippen LogP contribution in [-0.2, 0) is 6.42 Å². The zero-order chi connectivity index (χ0) is 8.39. The van der Waals surface area contributed by atoms with Gasteiger partial charge in [-0.25, -0.2) is 4.99 Å². The molecule has 0 aliphatic carbocycles. The third-order valence-corrected chi connectivity index (χ3v) is 1.79. The topological polar surface area (TPSA) is 37.9 Å². The van der Waals surface area contributed by atoms with E-state index in [0.29, 0.717) is 0 Å². The van der Waals surface area contributed by atoms with Gasteiger partial charge in [0.1, 0.15) is 17.9 Å². The lowest BCUT2D eigenvalue weighted by Gasteiger charge is -1.98. The molecule has 0 spiro atoms. The molecule has 0 N–H and O–H groups in total. The molecule has 0 saturated carbocycles. The van der Waals surface area contributed by atoms with Crippen molar-refractivity contribution >= 4 is 12.6 Å². The summed E-state index contributed by atoms with van der Waals surface area (Å²) in [6, 6.07) is 4.12. The van der Waals surface area contributed by atoms with Gasteiger partial charge in [0, 0.05) is 12.6 Å². The number of aryl methyl sites for hydroxylation is 1. The number of hydrogen-bond donors (Lipinski definition) is 0. The highest BCUT2D eigenvalue weighted by Gasteiger charge is 2.09. The van der Waals surface area contributed by atoms with E-state index in [1.807, 2.05) is 25.3 Å². The van der Waals surface area contributed by atoms with Gasteiger partial charge in [0.25, 0.3) is 0 Å². The van der Waals surface area contributed by atoms with Crippen molar-refractivity contribution in [3.63, 3.8) is 0 Å². The molecule has 1 aliphatic rings. The Morgan fingerprint density at radius 2 is 2.42 bits per heavy atom. The lowest BCUT2D eigenvalue weighted by Crippen LogP contribution is -2.05. The Morgan fingerprint density at radius 1 is 1.50 bits per heavy atom. The molecular weight excluding hydrogens is 152 g/mol. The number of nitrogens with zero attached hydrogens (tertiary/aromatic N) is 2. The van der Waals surface area contributed by atoms with E-state index in [0.717, 1.165) is 17.9 Å². The van der Waals surface area contributed by atoms with Gasteiger partial charge in [-0.05, 0) is 19.1 Å². The van der Waals surface area contributed by atoms with Crippen LogP contribution in [0.25, 0.3) is 0 Å². The summed E-state index contributed by atoms with van der Waals surface area (Å²) in [5.41, 5.74) is 0. The molecule has 3 nitrogen and oxygen atoms in total. The van der Waals surface area contributed by atoms with Gasteiger partial charge < -0.3 is 4.42 Å². The Balaban J connectivity index is 2.03. The van der Waals surface area contributed by atoms with E-state index in [1.165, 1.54) is 0 Å². The van der Waals surface area contributed by atoms with Crippen molar-refractivity contribution in [2.75, 3.05) is 0 Å². The van der Waals surface area contributed by atoms with E-state index in [2.05, 4.69) is 9.98 Å². The molecule has 1 atom stereocenters. The van der Waals surface area contributed by atoms with E-state index in [-0.39, 0.29) is 6.04 Å². The van der Waals surface area contributed by atoms with Gasteiger partial charge in [0.05, 0.1) is 6.04 Å². The van der Waals surface area contributed by atoms with Crippen LogP contribution in [0.15, 0.2) is 26.5 Å². The third-order valence-electron chi connectivity index (χ3n) is 1.79. The summed E-state index contributed by atoms with van der Waals surface area (Å²) in [6.45, 7) is 1.94. The zero-order valence-electron chi connectivity index (χ0n) is 6.90. The number of furan rings is 1. The predicted molar refractivity (Wildman–Crippen MR) is 47.9 cm³/mol. The summed E-state index contributed by atoms with van der Waals surface area (Å²) in [7, 11) is 0. The third kappa shape index (κ3) is 1.44. The highest BCUT2D eigenvalue weighted by atomic mass is 16.3. The Kier molecular flexibility index (Phi) is 1.78. The molecule has 62 valence electrons. The van der Waals surface area contributed by atoms with E-state index in [9.17, 15) is 0 Å². The molecule has 1 aromatic rings. The first-order valence-electron chi connectivity index (χ1n) is 3.95. The summed E-state index contributed by atoms with van der Waals surface area (Å²) in [5, 5.41) is 0. The molecule has 1 aromatic heterocycles. The zero-order valence-corrected chi connectivity index (χ0v) is 6.90. The van der Waals surface area contributed by atoms with Gasteiger partial charge in [-0.15, -0.1) is 0 Å². The van der Waals surface area contributed by atoms with E-state index < -0.39 is 0 Å². The molecule has 1 aliphatic heterocycles. The van der Waals surface area contributed by atoms with Crippen LogP contribution in [-0.4, -0.2) is 18.6 Å². The molecule has 0 amide bonds. The van der Waals surface area contributed by atoms with Gasteiger partial charge >= 0.3 is 0 Å². The average molecular weight is 162 g/mol. The molecular formula is C9H10N2O. The monoisotopic (exact) mass is 162 g/mol. The Labute approximate surface area is 70.8 Å². The molecule has 2 heterocycles. The summed E-state index contributed by atoms with van der Waals surface area (Å²) < 4.78 is 5.41. The normalized spacial score (nSPS) is 20.6. The summed E-state index contributed by atoms with van der Waals surface area (Å²) >= 11 is 0. The van der Waals surface area contributed by atoms with Crippen LogP contribution in [0.4, 0.5) is 0 Å². The molecule has 12 heavy (non-hydrogen) atoms. The fourth-order valence-electron chi connectivity index (χ4n) is 1.21. The minimum Gasteiger partial charge on any atom is -0.466 e. The largest absolute Gasteiger partial charge is 0.466 e. The van der Waals surface area contributed by atoms with Crippen LogP contribution in [0.1, 0.15) is 11.5 Å². The van der Waals surface area contributed by atoms with Crippen LogP contribution in [0.2, 0.25) is 0 Å². The van der Waals surface area contributed by atoms with Crippen LogP contribution in [0.3, 0.4) is 0 Å². The van der Waals surface area contributed by atoms with Crippen LogP contribution in [0.5, 0.6) is 0 Å². The molecule has 0 saturated heterocycles. The van der Waals surface area contributed by atoms with Gasteiger partial charge in [0.2, 0.25) is 0 Å². The van der Waals surface area contributed by atoms with Crippen molar-refractivity contribution in [2.45, 2.75) is 19.4 Å². The maximum absolute atomic E-state index is 5.41. The Hall–Kier alpha value is -1.38. The van der Waals surface area contributed by atoms with E-state index >= 15 is 0 Å². The standard InChI is InChI=1S/C9H10N2O/c1-7-2-3-9(12-7)4-8-5-10-6-11-8/h2-3,5-6,8H,4H2,1H3/t8-/m0/s1. The van der Waals surface area contributed by atoms with E-state index in [4.69, 9.17) is 4.42 Å². The highest BCUT2D eigenvalue weighted by Crippen LogP contribution is 2.10. The van der Waals surface area contributed by atoms with Crippen molar-refractivity contribution < 1.29 is 4.42 Å². The fraction of sp³-hybridized carbons (Fsp3) is 0.333. The van der Waals surface area contributed by atoms with Crippen molar-refractivity contribution in [3.05, 3.63) is 23.7 Å². The van der Waals surface area contributed by atoms with Crippen molar-refractivity contribution in [3.8, 4) is 0 Å². The summed E-state index contributed by atoms with van der Waals surface area (Å²) in [6.07, 6.45) is 4.23. The van der Waals surface area contributed by atoms with Crippen molar-refractivity contribution in [2.24, 2.45) is 9.98 Å². The molecule has 0 radical (unpaired) electrons. The lowest BCUT2D eigenvalue weighted by atomic mass is 10.2.